The maximum atomic E-state index is 5.91. The van der Waals surface area contributed by atoms with E-state index in [4.69, 9.17) is 4.74 Å². The number of ether oxygens (including phenoxy) is 1. The van der Waals surface area contributed by atoms with Crippen LogP contribution in [0.3, 0.4) is 0 Å². The predicted molar refractivity (Wildman–Crippen MR) is 80.7 cm³/mol. The van der Waals surface area contributed by atoms with Gasteiger partial charge >= 0.3 is 0 Å². The summed E-state index contributed by atoms with van der Waals surface area (Å²) in [4.78, 5) is 0. The van der Waals surface area contributed by atoms with Crippen LogP contribution in [0.15, 0.2) is 0 Å². The minimum absolute atomic E-state index is 0. The molecule has 1 unspecified atom stereocenters. The van der Waals surface area contributed by atoms with Crippen molar-refractivity contribution in [1.29, 1.82) is 0 Å². The summed E-state index contributed by atoms with van der Waals surface area (Å²) >= 11 is 0. The smallest absolute Gasteiger partial charge is 0.183 e. The van der Waals surface area contributed by atoms with Crippen molar-refractivity contribution < 1.29 is 21.6 Å². The van der Waals surface area contributed by atoms with Crippen LogP contribution in [0, 0.1) is 0 Å². The van der Waals surface area contributed by atoms with Gasteiger partial charge in [0.25, 0.3) is 0 Å². The Bertz CT molecular complexity index is 186. The second-order valence-corrected chi connectivity index (χ2v) is 6.32. The van der Waals surface area contributed by atoms with Gasteiger partial charge in [0.15, 0.2) is 6.73 Å². The Morgan fingerprint density at radius 3 is 2.05 bits per heavy atom. The highest BCUT2D eigenvalue weighted by Gasteiger charge is 2.16. The summed E-state index contributed by atoms with van der Waals surface area (Å²) in [6, 6.07) is 0. The van der Waals surface area contributed by atoms with Crippen LogP contribution in [-0.4, -0.2) is 38.0 Å². The summed E-state index contributed by atoms with van der Waals surface area (Å²) in [5, 5.41) is 0. The molecule has 0 amide bonds. The molecule has 0 radical (unpaired) electrons. The van der Waals surface area contributed by atoms with Crippen molar-refractivity contribution in [2.45, 2.75) is 78.2 Å². The van der Waals surface area contributed by atoms with Gasteiger partial charge in [-0.3, -0.25) is 0 Å². The van der Waals surface area contributed by atoms with Crippen LogP contribution in [0.25, 0.3) is 0 Å². The van der Waals surface area contributed by atoms with Crippen molar-refractivity contribution in [3.05, 3.63) is 0 Å². The van der Waals surface area contributed by atoms with E-state index in [2.05, 4.69) is 34.9 Å². The van der Waals surface area contributed by atoms with Crippen LogP contribution < -0.4 is 12.4 Å². The molecular formula is C16H36ClNO. The van der Waals surface area contributed by atoms with E-state index in [-0.39, 0.29) is 12.4 Å². The van der Waals surface area contributed by atoms with Crippen molar-refractivity contribution in [2.24, 2.45) is 0 Å². The largest absolute Gasteiger partial charge is 1.00 e. The third kappa shape index (κ3) is 14.4. The first-order valence-corrected chi connectivity index (χ1v) is 7.95. The van der Waals surface area contributed by atoms with Gasteiger partial charge in [-0.1, -0.05) is 46.0 Å². The molecule has 19 heavy (non-hydrogen) atoms. The Kier molecular flexibility index (Phi) is 14.9. The molecule has 3 heteroatoms. The topological polar surface area (TPSA) is 9.23 Å². The maximum Gasteiger partial charge on any atom is 0.183 e. The van der Waals surface area contributed by atoms with Gasteiger partial charge in [0.2, 0.25) is 0 Å². The lowest BCUT2D eigenvalue weighted by molar-refractivity contribution is -0.910. The fourth-order valence-corrected chi connectivity index (χ4v) is 2.20. The Morgan fingerprint density at radius 1 is 0.895 bits per heavy atom. The molecule has 0 fully saturated rings. The first kappa shape index (κ1) is 21.5. The fraction of sp³-hybridized carbons (Fsp3) is 1.00. The lowest BCUT2D eigenvalue weighted by Gasteiger charge is -2.30. The first-order chi connectivity index (χ1) is 8.52. The standard InChI is InChI=1S/C16H36NO.ClH/c1-6-8-9-10-11-12-14-17(4,5)15-18-16(3)13-7-2;/h16H,6-15H2,1-5H3;1H/q+1;/p-1. The molecule has 0 aliphatic heterocycles. The zero-order chi connectivity index (χ0) is 13.9. The van der Waals surface area contributed by atoms with Gasteiger partial charge in [0.1, 0.15) is 0 Å². The Labute approximate surface area is 127 Å². The number of rotatable bonds is 12. The molecule has 118 valence electrons. The molecule has 0 aliphatic carbocycles. The van der Waals surface area contributed by atoms with E-state index in [9.17, 15) is 0 Å². The average molecular weight is 294 g/mol. The van der Waals surface area contributed by atoms with Gasteiger partial charge < -0.3 is 21.6 Å². The Balaban J connectivity index is 0. The quantitative estimate of drug-likeness (QED) is 0.302. The summed E-state index contributed by atoms with van der Waals surface area (Å²) in [5.74, 6) is 0. The molecule has 0 aromatic carbocycles. The second kappa shape index (κ2) is 13.2. The number of halogens is 1. The molecular weight excluding hydrogens is 258 g/mol. The molecule has 0 rings (SSSR count). The van der Waals surface area contributed by atoms with Gasteiger partial charge in [-0.05, 0) is 26.2 Å². The molecule has 0 aromatic heterocycles. The summed E-state index contributed by atoms with van der Waals surface area (Å²) in [6.45, 7) is 8.78. The third-order valence-corrected chi connectivity index (χ3v) is 3.52. The molecule has 1 atom stereocenters. The summed E-state index contributed by atoms with van der Waals surface area (Å²) in [7, 11) is 4.56. The van der Waals surface area contributed by atoms with E-state index in [0.717, 1.165) is 11.2 Å². The molecule has 0 aliphatic rings. The van der Waals surface area contributed by atoms with E-state index in [0.29, 0.717) is 6.10 Å². The lowest BCUT2D eigenvalue weighted by atomic mass is 10.1. The van der Waals surface area contributed by atoms with Crippen molar-refractivity contribution in [3.8, 4) is 0 Å². The van der Waals surface area contributed by atoms with Crippen LogP contribution in [0.4, 0.5) is 0 Å². The molecule has 0 N–H and O–H groups in total. The summed E-state index contributed by atoms with van der Waals surface area (Å²) in [6.07, 6.45) is 11.1. The van der Waals surface area contributed by atoms with Gasteiger partial charge in [-0.2, -0.15) is 0 Å². The van der Waals surface area contributed by atoms with Gasteiger partial charge in [0, 0.05) is 0 Å². The Morgan fingerprint density at radius 2 is 1.47 bits per heavy atom. The Hall–Kier alpha value is 0.210. The van der Waals surface area contributed by atoms with Crippen molar-refractivity contribution >= 4 is 0 Å². The molecule has 0 heterocycles. The fourth-order valence-electron chi connectivity index (χ4n) is 2.20. The summed E-state index contributed by atoms with van der Waals surface area (Å²) < 4.78 is 6.92. The second-order valence-electron chi connectivity index (χ2n) is 6.32. The normalized spacial score (nSPS) is 13.1. The zero-order valence-corrected chi connectivity index (χ0v) is 14.6. The average Bonchev–Trinajstić information content (AvgIpc) is 2.32. The van der Waals surface area contributed by atoms with Crippen LogP contribution in [0.1, 0.15) is 72.1 Å². The van der Waals surface area contributed by atoms with Gasteiger partial charge in [-0.25, -0.2) is 0 Å². The van der Waals surface area contributed by atoms with Gasteiger partial charge in [-0.15, -0.1) is 0 Å². The number of hydrogen-bond acceptors (Lipinski definition) is 1. The lowest BCUT2D eigenvalue weighted by Crippen LogP contribution is -3.00. The molecule has 2 nitrogen and oxygen atoms in total. The minimum atomic E-state index is 0. The molecule has 0 spiro atoms. The van der Waals surface area contributed by atoms with Crippen molar-refractivity contribution in [3.63, 3.8) is 0 Å². The number of unbranched alkanes of at least 4 members (excludes halogenated alkanes) is 5. The monoisotopic (exact) mass is 293 g/mol. The van der Waals surface area contributed by atoms with E-state index >= 15 is 0 Å². The minimum Gasteiger partial charge on any atom is -1.00 e. The highest BCUT2D eigenvalue weighted by Crippen LogP contribution is 2.10. The molecule has 0 bridgehead atoms. The number of nitrogens with zero attached hydrogens (tertiary/aromatic N) is 1. The molecule has 0 aromatic rings. The maximum absolute atomic E-state index is 5.91. The van der Waals surface area contributed by atoms with Crippen molar-refractivity contribution in [1.82, 2.24) is 0 Å². The van der Waals surface area contributed by atoms with Crippen LogP contribution in [0.5, 0.6) is 0 Å². The SMILES string of the molecule is CCCCCCCC[N+](C)(C)COC(C)CCC.[Cl-]. The van der Waals surface area contributed by atoms with E-state index in [1.807, 2.05) is 0 Å². The molecule has 0 saturated carbocycles. The van der Waals surface area contributed by atoms with Gasteiger partial charge in [0.05, 0.1) is 26.7 Å². The van der Waals surface area contributed by atoms with E-state index < -0.39 is 0 Å². The highest BCUT2D eigenvalue weighted by atomic mass is 35.5. The summed E-state index contributed by atoms with van der Waals surface area (Å²) in [5.41, 5.74) is 0. The third-order valence-electron chi connectivity index (χ3n) is 3.52. The first-order valence-electron chi connectivity index (χ1n) is 7.95. The number of hydrogen-bond donors (Lipinski definition) is 0. The zero-order valence-electron chi connectivity index (χ0n) is 13.9. The van der Waals surface area contributed by atoms with Crippen LogP contribution >= 0.6 is 0 Å². The number of quaternary nitrogens is 1. The highest BCUT2D eigenvalue weighted by molar-refractivity contribution is 4.46. The predicted octanol–water partition coefficient (Wildman–Crippen LogP) is 1.59. The molecule has 0 saturated heterocycles. The van der Waals surface area contributed by atoms with E-state index in [1.54, 1.807) is 0 Å². The van der Waals surface area contributed by atoms with Crippen LogP contribution in [0.2, 0.25) is 0 Å². The van der Waals surface area contributed by atoms with Crippen molar-refractivity contribution in [2.75, 3.05) is 27.4 Å². The van der Waals surface area contributed by atoms with Crippen LogP contribution in [-0.2, 0) is 4.74 Å². The van der Waals surface area contributed by atoms with E-state index in [1.165, 1.54) is 57.9 Å².